The zero-order valence-electron chi connectivity index (χ0n) is 12.6. The second-order valence-corrected chi connectivity index (χ2v) is 5.03. The predicted octanol–water partition coefficient (Wildman–Crippen LogP) is 3.93. The van der Waals surface area contributed by atoms with Gasteiger partial charge in [0.1, 0.15) is 23.2 Å². The number of aromatic nitrogens is 2. The van der Waals surface area contributed by atoms with E-state index in [0.29, 0.717) is 16.6 Å². The Morgan fingerprint density at radius 2 is 1.90 bits per heavy atom. The van der Waals surface area contributed by atoms with Crippen LogP contribution in [0.1, 0.15) is 18.3 Å². The van der Waals surface area contributed by atoms with Gasteiger partial charge in [-0.2, -0.15) is 0 Å². The molecule has 0 spiro atoms. The number of benzene rings is 1. The van der Waals surface area contributed by atoms with Gasteiger partial charge in [-0.15, -0.1) is 0 Å². The van der Waals surface area contributed by atoms with E-state index in [4.69, 9.17) is 16.3 Å². The van der Waals surface area contributed by atoms with Crippen LogP contribution in [0.15, 0.2) is 18.2 Å². The molecule has 0 aliphatic carbocycles. The molecule has 21 heavy (non-hydrogen) atoms. The Bertz CT molecular complexity index is 646. The maximum absolute atomic E-state index is 6.05. The van der Waals surface area contributed by atoms with Crippen LogP contribution in [0.4, 0.5) is 17.3 Å². The Hall–Kier alpha value is -2.01. The molecule has 1 aromatic carbocycles. The van der Waals surface area contributed by atoms with Crippen molar-refractivity contribution in [1.82, 2.24) is 9.97 Å². The lowest BCUT2D eigenvalue weighted by atomic mass is 10.2. The number of ether oxygens (including phenoxy) is 1. The van der Waals surface area contributed by atoms with Crippen LogP contribution in [0, 0.1) is 13.8 Å². The van der Waals surface area contributed by atoms with Crippen molar-refractivity contribution in [1.29, 1.82) is 0 Å². The molecule has 112 valence electrons. The third-order valence-electron chi connectivity index (χ3n) is 3.02. The molecule has 0 unspecified atom stereocenters. The SMILES string of the molecule is CCNc1nc(C)nc(Nc2cc(Cl)ccc2OC)c1C. The van der Waals surface area contributed by atoms with E-state index in [1.54, 1.807) is 13.2 Å². The van der Waals surface area contributed by atoms with Crippen molar-refractivity contribution in [2.45, 2.75) is 20.8 Å². The van der Waals surface area contributed by atoms with Gasteiger partial charge in [0.05, 0.1) is 12.8 Å². The van der Waals surface area contributed by atoms with Crippen molar-refractivity contribution < 1.29 is 4.74 Å². The first-order valence-electron chi connectivity index (χ1n) is 6.74. The molecule has 0 saturated heterocycles. The third kappa shape index (κ3) is 3.55. The third-order valence-corrected chi connectivity index (χ3v) is 3.25. The van der Waals surface area contributed by atoms with E-state index in [0.717, 1.165) is 29.4 Å². The molecule has 2 aromatic rings. The summed E-state index contributed by atoms with van der Waals surface area (Å²) in [6.45, 7) is 6.67. The summed E-state index contributed by atoms with van der Waals surface area (Å²) in [5, 5.41) is 7.14. The highest BCUT2D eigenvalue weighted by Crippen LogP contribution is 2.32. The number of nitrogens with one attached hydrogen (secondary N) is 2. The van der Waals surface area contributed by atoms with Gasteiger partial charge in [0.15, 0.2) is 0 Å². The van der Waals surface area contributed by atoms with E-state index in [1.165, 1.54) is 0 Å². The van der Waals surface area contributed by atoms with Crippen LogP contribution in [-0.2, 0) is 0 Å². The van der Waals surface area contributed by atoms with E-state index >= 15 is 0 Å². The van der Waals surface area contributed by atoms with Gasteiger partial charge in [-0.25, -0.2) is 9.97 Å². The first kappa shape index (κ1) is 15.4. The van der Waals surface area contributed by atoms with Gasteiger partial charge in [-0.05, 0) is 39.0 Å². The molecule has 2 N–H and O–H groups in total. The lowest BCUT2D eigenvalue weighted by Gasteiger charge is -2.15. The largest absolute Gasteiger partial charge is 0.495 e. The molecule has 0 amide bonds. The highest BCUT2D eigenvalue weighted by atomic mass is 35.5. The first-order chi connectivity index (χ1) is 10.0. The molecule has 1 aromatic heterocycles. The second kappa shape index (κ2) is 6.63. The van der Waals surface area contributed by atoms with E-state index in [9.17, 15) is 0 Å². The fourth-order valence-electron chi connectivity index (χ4n) is 2.00. The summed E-state index contributed by atoms with van der Waals surface area (Å²) in [6.07, 6.45) is 0. The van der Waals surface area contributed by atoms with Gasteiger partial charge in [0.2, 0.25) is 0 Å². The number of methoxy groups -OCH3 is 1. The molecule has 6 heteroatoms. The predicted molar refractivity (Wildman–Crippen MR) is 87.0 cm³/mol. The molecule has 0 aliphatic heterocycles. The number of anilines is 3. The molecule has 5 nitrogen and oxygen atoms in total. The Kier molecular flexibility index (Phi) is 4.85. The van der Waals surface area contributed by atoms with Crippen LogP contribution in [0.3, 0.4) is 0 Å². The van der Waals surface area contributed by atoms with Crippen molar-refractivity contribution >= 4 is 28.9 Å². The summed E-state index contributed by atoms with van der Waals surface area (Å²) in [7, 11) is 1.62. The van der Waals surface area contributed by atoms with Gasteiger partial charge in [0, 0.05) is 17.1 Å². The highest BCUT2D eigenvalue weighted by Gasteiger charge is 2.11. The summed E-state index contributed by atoms with van der Waals surface area (Å²) >= 11 is 6.05. The quantitative estimate of drug-likeness (QED) is 0.876. The minimum absolute atomic E-state index is 0.633. The fraction of sp³-hybridized carbons (Fsp3) is 0.333. The number of hydrogen-bond acceptors (Lipinski definition) is 5. The van der Waals surface area contributed by atoms with Crippen molar-refractivity contribution in [3.05, 3.63) is 34.6 Å². The Labute approximate surface area is 129 Å². The molecule has 0 radical (unpaired) electrons. The summed E-state index contributed by atoms with van der Waals surface area (Å²) in [4.78, 5) is 8.86. The Morgan fingerprint density at radius 1 is 1.19 bits per heavy atom. The average molecular weight is 307 g/mol. The first-order valence-corrected chi connectivity index (χ1v) is 7.12. The number of nitrogens with zero attached hydrogens (tertiary/aromatic N) is 2. The van der Waals surface area contributed by atoms with Crippen LogP contribution < -0.4 is 15.4 Å². The van der Waals surface area contributed by atoms with E-state index in [2.05, 4.69) is 20.6 Å². The zero-order valence-corrected chi connectivity index (χ0v) is 13.4. The molecule has 0 atom stereocenters. The van der Waals surface area contributed by atoms with Crippen LogP contribution in [0.2, 0.25) is 5.02 Å². The molecule has 0 fully saturated rings. The molecular weight excluding hydrogens is 288 g/mol. The summed E-state index contributed by atoms with van der Waals surface area (Å²) in [6, 6.07) is 5.41. The fourth-order valence-corrected chi connectivity index (χ4v) is 2.17. The van der Waals surface area contributed by atoms with Gasteiger partial charge in [-0.3, -0.25) is 0 Å². The molecular formula is C15H19ClN4O. The van der Waals surface area contributed by atoms with Crippen molar-refractivity contribution in [3.63, 3.8) is 0 Å². The summed E-state index contributed by atoms with van der Waals surface area (Å²) in [5.41, 5.74) is 1.72. The second-order valence-electron chi connectivity index (χ2n) is 4.59. The Balaban J connectivity index is 2.42. The van der Waals surface area contributed by atoms with E-state index < -0.39 is 0 Å². The minimum atomic E-state index is 0.633. The number of aryl methyl sites for hydroxylation is 1. The van der Waals surface area contributed by atoms with Crippen molar-refractivity contribution in [2.75, 3.05) is 24.3 Å². The maximum Gasteiger partial charge on any atom is 0.142 e. The standard InChI is InChI=1S/C15H19ClN4O/c1-5-17-14-9(2)15(19-10(3)18-14)20-12-8-11(16)6-7-13(12)21-4/h6-8H,5H2,1-4H3,(H2,17,18,19,20). The van der Waals surface area contributed by atoms with Crippen LogP contribution >= 0.6 is 11.6 Å². The van der Waals surface area contributed by atoms with E-state index in [1.807, 2.05) is 32.9 Å². The normalized spacial score (nSPS) is 10.3. The molecule has 1 heterocycles. The smallest absolute Gasteiger partial charge is 0.142 e. The molecule has 0 saturated carbocycles. The van der Waals surface area contributed by atoms with Gasteiger partial charge >= 0.3 is 0 Å². The lowest BCUT2D eigenvalue weighted by molar-refractivity contribution is 0.417. The van der Waals surface area contributed by atoms with Gasteiger partial charge in [0.25, 0.3) is 0 Å². The molecule has 2 rings (SSSR count). The molecule has 0 aliphatic rings. The monoisotopic (exact) mass is 306 g/mol. The average Bonchev–Trinajstić information content (AvgIpc) is 2.44. The van der Waals surface area contributed by atoms with Crippen LogP contribution in [0.5, 0.6) is 5.75 Å². The van der Waals surface area contributed by atoms with Crippen LogP contribution in [-0.4, -0.2) is 23.6 Å². The van der Waals surface area contributed by atoms with Gasteiger partial charge in [-0.1, -0.05) is 11.6 Å². The summed E-state index contributed by atoms with van der Waals surface area (Å²) in [5.74, 6) is 2.97. The van der Waals surface area contributed by atoms with Gasteiger partial charge < -0.3 is 15.4 Å². The number of halogens is 1. The number of rotatable bonds is 5. The topological polar surface area (TPSA) is 59.1 Å². The molecule has 0 bridgehead atoms. The van der Waals surface area contributed by atoms with Crippen LogP contribution in [0.25, 0.3) is 0 Å². The minimum Gasteiger partial charge on any atom is -0.495 e. The maximum atomic E-state index is 6.05. The van der Waals surface area contributed by atoms with E-state index in [-0.39, 0.29) is 0 Å². The summed E-state index contributed by atoms with van der Waals surface area (Å²) < 4.78 is 5.34. The number of hydrogen-bond donors (Lipinski definition) is 2. The zero-order chi connectivity index (χ0) is 15.4. The highest BCUT2D eigenvalue weighted by molar-refractivity contribution is 6.31. The Morgan fingerprint density at radius 3 is 2.57 bits per heavy atom. The van der Waals surface area contributed by atoms with Crippen molar-refractivity contribution in [2.24, 2.45) is 0 Å². The van der Waals surface area contributed by atoms with Crippen molar-refractivity contribution in [3.8, 4) is 5.75 Å². The lowest BCUT2D eigenvalue weighted by Crippen LogP contribution is -2.08.